The van der Waals surface area contributed by atoms with Crippen LogP contribution >= 0.6 is 11.8 Å². The molecule has 3 fully saturated rings. The lowest BCUT2D eigenvalue weighted by Gasteiger charge is -2.27. The van der Waals surface area contributed by atoms with E-state index in [1.807, 2.05) is 13.0 Å². The van der Waals surface area contributed by atoms with E-state index in [1.165, 1.54) is 24.3 Å². The molecule has 35 heavy (non-hydrogen) atoms. The molecule has 2 saturated heterocycles. The fourth-order valence-corrected chi connectivity index (χ4v) is 5.39. The normalized spacial score (nSPS) is 19.3. The van der Waals surface area contributed by atoms with Crippen molar-refractivity contribution in [3.05, 3.63) is 42.1 Å². The molecule has 2 aromatic rings. The van der Waals surface area contributed by atoms with Gasteiger partial charge in [-0.2, -0.15) is 13.2 Å². The molecule has 5 rings (SSSR count). The van der Waals surface area contributed by atoms with E-state index in [0.717, 1.165) is 42.1 Å². The van der Waals surface area contributed by atoms with Gasteiger partial charge in [0.25, 0.3) is 5.91 Å². The Balaban J connectivity index is 1.44. The first-order chi connectivity index (χ1) is 16.7. The van der Waals surface area contributed by atoms with Crippen molar-refractivity contribution in [3.8, 4) is 5.88 Å². The van der Waals surface area contributed by atoms with Crippen molar-refractivity contribution < 1.29 is 27.5 Å². The Bertz CT molecular complexity index is 1130. The predicted octanol–water partition coefficient (Wildman–Crippen LogP) is 5.19. The van der Waals surface area contributed by atoms with Crippen LogP contribution in [0.4, 0.5) is 29.3 Å². The number of anilines is 2. The summed E-state index contributed by atoms with van der Waals surface area (Å²) in [6, 6.07) is 6.72. The maximum Gasteiger partial charge on any atom is 0.446 e. The number of nitrogens with zero attached hydrogens (tertiary/aromatic N) is 4. The molecule has 2 aliphatic heterocycles. The van der Waals surface area contributed by atoms with Crippen molar-refractivity contribution in [1.29, 1.82) is 0 Å². The lowest BCUT2D eigenvalue weighted by atomic mass is 10.1. The van der Waals surface area contributed by atoms with E-state index in [4.69, 9.17) is 4.74 Å². The number of hydrogen-bond acceptors (Lipinski definition) is 6. The Hall–Kier alpha value is -2.95. The predicted molar refractivity (Wildman–Crippen MR) is 126 cm³/mol. The van der Waals surface area contributed by atoms with E-state index in [2.05, 4.69) is 9.88 Å². The number of urea groups is 1. The van der Waals surface area contributed by atoms with Crippen LogP contribution < -0.4 is 14.5 Å². The van der Waals surface area contributed by atoms with Crippen molar-refractivity contribution >= 4 is 35.1 Å². The second kappa shape index (κ2) is 8.92. The number of amides is 3. The number of alkyl halides is 3. The van der Waals surface area contributed by atoms with Crippen LogP contribution in [0.15, 0.2) is 41.4 Å². The van der Waals surface area contributed by atoms with Crippen molar-refractivity contribution in [3.63, 3.8) is 0 Å². The molecule has 3 aliphatic rings. The highest BCUT2D eigenvalue weighted by Crippen LogP contribution is 2.50. The lowest BCUT2D eigenvalue weighted by Crippen LogP contribution is -2.37. The summed E-state index contributed by atoms with van der Waals surface area (Å²) in [5.41, 5.74) is -3.34. The molecule has 1 aliphatic carbocycles. The average molecular weight is 507 g/mol. The monoisotopic (exact) mass is 506 g/mol. The summed E-state index contributed by atoms with van der Waals surface area (Å²) in [5.74, 6) is 0.185. The molecule has 1 aromatic carbocycles. The molecule has 3 amide bonds. The smallest absolute Gasteiger partial charge is 0.446 e. The zero-order valence-corrected chi connectivity index (χ0v) is 20.0. The maximum absolute atomic E-state index is 13.5. The van der Waals surface area contributed by atoms with Crippen LogP contribution in [0.25, 0.3) is 0 Å². The first kappa shape index (κ1) is 23.8. The number of carbonyl (C=O) groups is 2. The molecule has 1 aromatic heterocycles. The minimum Gasteiger partial charge on any atom is -0.476 e. The summed E-state index contributed by atoms with van der Waals surface area (Å²) < 4.78 is 43.8. The van der Waals surface area contributed by atoms with Gasteiger partial charge in [-0.1, -0.05) is 0 Å². The van der Waals surface area contributed by atoms with Crippen LogP contribution in [-0.4, -0.2) is 52.6 Å². The minimum absolute atomic E-state index is 0.00571. The van der Waals surface area contributed by atoms with Crippen LogP contribution in [0.1, 0.15) is 38.2 Å². The molecule has 0 unspecified atom stereocenters. The van der Waals surface area contributed by atoms with Crippen LogP contribution in [0.2, 0.25) is 0 Å². The summed E-state index contributed by atoms with van der Waals surface area (Å²) in [5, 5.41) is 0. The summed E-state index contributed by atoms with van der Waals surface area (Å²) >= 11 is -0.234. The number of halogens is 3. The highest BCUT2D eigenvalue weighted by atomic mass is 32.2. The highest BCUT2D eigenvalue weighted by Gasteiger charge is 2.65. The van der Waals surface area contributed by atoms with Gasteiger partial charge in [-0.05, 0) is 74.7 Å². The van der Waals surface area contributed by atoms with Crippen LogP contribution in [0, 0.1) is 0 Å². The van der Waals surface area contributed by atoms with Gasteiger partial charge < -0.3 is 14.5 Å². The Morgan fingerprint density at radius 2 is 1.77 bits per heavy atom. The second-order valence-corrected chi connectivity index (χ2v) is 9.97. The zero-order chi connectivity index (χ0) is 24.8. The van der Waals surface area contributed by atoms with Gasteiger partial charge in [-0.3, -0.25) is 4.79 Å². The molecule has 1 spiro atoms. The number of hydrogen-bond donors (Lipinski definition) is 0. The van der Waals surface area contributed by atoms with E-state index < -0.39 is 17.1 Å². The molecule has 11 heteroatoms. The maximum atomic E-state index is 13.5. The molecule has 7 nitrogen and oxygen atoms in total. The number of benzene rings is 1. The largest absolute Gasteiger partial charge is 0.476 e. The van der Waals surface area contributed by atoms with Gasteiger partial charge >= 0.3 is 11.5 Å². The van der Waals surface area contributed by atoms with E-state index in [-0.39, 0.29) is 34.8 Å². The summed E-state index contributed by atoms with van der Waals surface area (Å²) in [6.07, 6.45) is 4.87. The molecule has 3 heterocycles. The van der Waals surface area contributed by atoms with Crippen molar-refractivity contribution in [1.82, 2.24) is 9.88 Å². The Morgan fingerprint density at radius 1 is 1.09 bits per heavy atom. The fraction of sp³-hybridized carbons (Fsp3) is 0.458. The number of pyridine rings is 1. The summed E-state index contributed by atoms with van der Waals surface area (Å²) in [6.45, 7) is 4.30. The highest BCUT2D eigenvalue weighted by molar-refractivity contribution is 8.00. The lowest BCUT2D eigenvalue weighted by molar-refractivity contribution is -0.120. The number of imide groups is 1. The first-order valence-electron chi connectivity index (χ1n) is 11.6. The van der Waals surface area contributed by atoms with Crippen molar-refractivity contribution in [2.75, 3.05) is 29.5 Å². The topological polar surface area (TPSA) is 66.0 Å². The summed E-state index contributed by atoms with van der Waals surface area (Å²) in [7, 11) is 0. The van der Waals surface area contributed by atoms with E-state index in [0.29, 0.717) is 25.3 Å². The molecule has 1 saturated carbocycles. The Kier molecular flexibility index (Phi) is 6.06. The van der Waals surface area contributed by atoms with E-state index in [1.54, 1.807) is 11.1 Å². The van der Waals surface area contributed by atoms with Gasteiger partial charge in [0.05, 0.1) is 18.8 Å². The molecule has 0 bridgehead atoms. The third-order valence-corrected chi connectivity index (χ3v) is 7.34. The van der Waals surface area contributed by atoms with Gasteiger partial charge in [0.1, 0.15) is 11.2 Å². The molecule has 0 atom stereocenters. The quantitative estimate of drug-likeness (QED) is 0.380. The van der Waals surface area contributed by atoms with Gasteiger partial charge in [-0.25, -0.2) is 14.7 Å². The van der Waals surface area contributed by atoms with Crippen molar-refractivity contribution in [2.45, 2.75) is 55.1 Å². The fourth-order valence-electron chi connectivity index (χ4n) is 4.85. The molecular formula is C24H25F3N4O3S. The van der Waals surface area contributed by atoms with Crippen LogP contribution in [0.5, 0.6) is 5.88 Å². The van der Waals surface area contributed by atoms with Gasteiger partial charge in [-0.15, -0.1) is 0 Å². The zero-order valence-electron chi connectivity index (χ0n) is 19.2. The van der Waals surface area contributed by atoms with Crippen LogP contribution in [0.3, 0.4) is 0 Å². The second-order valence-electron chi connectivity index (χ2n) is 8.83. The molecule has 0 radical (unpaired) electrons. The summed E-state index contributed by atoms with van der Waals surface area (Å²) in [4.78, 5) is 36.2. The Morgan fingerprint density at radius 3 is 2.37 bits per heavy atom. The van der Waals surface area contributed by atoms with Gasteiger partial charge in [0, 0.05) is 29.7 Å². The standard InChI is InChI=1S/C24H25F3N4O3S/c1-2-34-20-19(29-13-3-4-14-29)16(9-12-28-20)15-30-22(33)31(21(32)23(30)10-11-23)17-5-7-18(8-6-17)35-24(25,26)27/h5-9,12H,2-4,10-11,13-15H2,1H3. The molecule has 0 N–H and O–H groups in total. The van der Waals surface area contributed by atoms with E-state index >= 15 is 0 Å². The molecule has 186 valence electrons. The average Bonchev–Trinajstić information content (AvgIpc) is 3.38. The third kappa shape index (κ3) is 4.41. The number of rotatable bonds is 7. The van der Waals surface area contributed by atoms with Gasteiger partial charge in [0.2, 0.25) is 5.88 Å². The molecular weight excluding hydrogens is 481 g/mol. The number of ether oxygens (including phenoxy) is 1. The number of carbonyl (C=O) groups excluding carboxylic acids is 2. The third-order valence-electron chi connectivity index (χ3n) is 6.60. The van der Waals surface area contributed by atoms with E-state index in [9.17, 15) is 22.8 Å². The number of aromatic nitrogens is 1. The SMILES string of the molecule is CCOc1nccc(CN2C(=O)N(c3ccc(SC(F)(F)F)cc3)C(=O)C23CC3)c1N1CCCC1. The van der Waals surface area contributed by atoms with Gasteiger partial charge in [0.15, 0.2) is 0 Å². The minimum atomic E-state index is -4.41. The Labute approximate surface area is 205 Å². The van der Waals surface area contributed by atoms with Crippen molar-refractivity contribution in [2.24, 2.45) is 0 Å². The number of thioether (sulfide) groups is 1. The first-order valence-corrected chi connectivity index (χ1v) is 12.4. The van der Waals surface area contributed by atoms with Crippen LogP contribution in [-0.2, 0) is 11.3 Å².